The molecule has 0 N–H and O–H groups in total. The topological polar surface area (TPSA) is 93.2 Å². The zero-order valence-electron chi connectivity index (χ0n) is 14.0. The number of sulfonamides is 2. The second kappa shape index (κ2) is 7.10. The van der Waals surface area contributed by atoms with Crippen LogP contribution in [0, 0.1) is 0 Å². The van der Waals surface area contributed by atoms with Gasteiger partial charge in [0.1, 0.15) is 10.6 Å². The third-order valence-corrected chi connectivity index (χ3v) is 8.16. The van der Waals surface area contributed by atoms with Gasteiger partial charge in [-0.05, 0) is 31.0 Å². The summed E-state index contributed by atoms with van der Waals surface area (Å²) < 4.78 is 63.6. The average molecular weight is 390 g/mol. The van der Waals surface area contributed by atoms with Gasteiger partial charge in [-0.1, -0.05) is 0 Å². The molecule has 0 spiro atoms. The van der Waals surface area contributed by atoms with Crippen molar-refractivity contribution < 1.29 is 26.3 Å². The summed E-state index contributed by atoms with van der Waals surface area (Å²) in [6.07, 6.45) is 1.37. The first-order chi connectivity index (χ1) is 11.9. The first-order valence-electron chi connectivity index (χ1n) is 8.12. The second-order valence-corrected chi connectivity index (χ2v) is 9.87. The molecule has 1 aromatic carbocycles. The van der Waals surface area contributed by atoms with Gasteiger partial charge < -0.3 is 9.47 Å². The Bertz CT molecular complexity index is 832. The minimum atomic E-state index is -3.80. The van der Waals surface area contributed by atoms with Gasteiger partial charge in [-0.2, -0.15) is 4.31 Å². The number of ether oxygens (including phenoxy) is 2. The number of hydrogen-bond acceptors (Lipinski definition) is 6. The van der Waals surface area contributed by atoms with E-state index in [1.165, 1.54) is 27.9 Å². The van der Waals surface area contributed by atoms with Crippen LogP contribution in [-0.4, -0.2) is 66.9 Å². The van der Waals surface area contributed by atoms with Gasteiger partial charge in [0.2, 0.25) is 20.0 Å². The maximum absolute atomic E-state index is 13.0. The van der Waals surface area contributed by atoms with E-state index in [4.69, 9.17) is 9.47 Å². The van der Waals surface area contributed by atoms with E-state index >= 15 is 0 Å². The third kappa shape index (κ3) is 3.62. The number of methoxy groups -OCH3 is 1. The number of hydrogen-bond donors (Lipinski definition) is 0. The number of morpholine rings is 1. The lowest BCUT2D eigenvalue weighted by atomic mass is 10.2. The van der Waals surface area contributed by atoms with E-state index in [0.717, 1.165) is 6.42 Å². The van der Waals surface area contributed by atoms with Crippen molar-refractivity contribution in [2.75, 3.05) is 50.0 Å². The zero-order chi connectivity index (χ0) is 18.1. The van der Waals surface area contributed by atoms with Crippen LogP contribution in [0.5, 0.6) is 5.75 Å². The molecule has 2 aliphatic rings. The number of benzene rings is 1. The molecule has 25 heavy (non-hydrogen) atoms. The van der Waals surface area contributed by atoms with Crippen LogP contribution >= 0.6 is 0 Å². The normalized spacial score (nSPS) is 21.9. The standard InChI is InChI=1S/C15H22N2O6S2/c1-22-14-5-4-13(17-6-2-3-11-24(17,18)19)12-15(14)25(20,21)16-7-9-23-10-8-16/h4-5,12H,2-3,6-11H2,1H3. The Balaban J connectivity index is 2.03. The Morgan fingerprint density at radius 1 is 1.12 bits per heavy atom. The highest BCUT2D eigenvalue weighted by Crippen LogP contribution is 2.33. The van der Waals surface area contributed by atoms with Crippen LogP contribution < -0.4 is 9.04 Å². The molecule has 2 fully saturated rings. The Morgan fingerprint density at radius 3 is 2.48 bits per heavy atom. The van der Waals surface area contributed by atoms with Gasteiger partial charge >= 0.3 is 0 Å². The van der Waals surface area contributed by atoms with Crippen molar-refractivity contribution >= 4 is 25.7 Å². The van der Waals surface area contributed by atoms with E-state index in [1.807, 2.05) is 0 Å². The summed E-state index contributed by atoms with van der Waals surface area (Å²) in [6.45, 7) is 1.55. The summed E-state index contributed by atoms with van der Waals surface area (Å²) >= 11 is 0. The molecule has 2 heterocycles. The van der Waals surface area contributed by atoms with Crippen molar-refractivity contribution in [3.05, 3.63) is 18.2 Å². The largest absolute Gasteiger partial charge is 0.495 e. The van der Waals surface area contributed by atoms with Gasteiger partial charge in [0.15, 0.2) is 0 Å². The van der Waals surface area contributed by atoms with Crippen LogP contribution in [0.1, 0.15) is 12.8 Å². The van der Waals surface area contributed by atoms with Gasteiger partial charge in [-0.15, -0.1) is 0 Å². The van der Waals surface area contributed by atoms with E-state index in [9.17, 15) is 16.8 Å². The molecule has 8 nitrogen and oxygen atoms in total. The Kier molecular flexibility index (Phi) is 5.24. The number of anilines is 1. The predicted molar refractivity (Wildman–Crippen MR) is 92.9 cm³/mol. The first kappa shape index (κ1) is 18.4. The molecule has 0 atom stereocenters. The van der Waals surface area contributed by atoms with Crippen LogP contribution in [0.15, 0.2) is 23.1 Å². The quantitative estimate of drug-likeness (QED) is 0.749. The molecule has 2 aliphatic heterocycles. The summed E-state index contributed by atoms with van der Waals surface area (Å²) in [5.41, 5.74) is 0.354. The fourth-order valence-corrected chi connectivity index (χ4v) is 6.24. The predicted octanol–water partition coefficient (Wildman–Crippen LogP) is 0.646. The number of nitrogens with zero attached hydrogens (tertiary/aromatic N) is 2. The second-order valence-electron chi connectivity index (χ2n) is 5.95. The zero-order valence-corrected chi connectivity index (χ0v) is 15.7. The van der Waals surface area contributed by atoms with E-state index < -0.39 is 20.0 Å². The maximum atomic E-state index is 13.0. The Hall–Kier alpha value is -1.36. The summed E-state index contributed by atoms with van der Waals surface area (Å²) in [5, 5.41) is 0. The molecule has 0 saturated carbocycles. The highest BCUT2D eigenvalue weighted by atomic mass is 32.2. The molecule has 2 saturated heterocycles. The number of rotatable bonds is 4. The van der Waals surface area contributed by atoms with Crippen LogP contribution in [0.2, 0.25) is 0 Å². The van der Waals surface area contributed by atoms with Gasteiger partial charge in [0, 0.05) is 19.6 Å². The minimum Gasteiger partial charge on any atom is -0.495 e. The Morgan fingerprint density at radius 2 is 1.84 bits per heavy atom. The van der Waals surface area contributed by atoms with E-state index in [1.54, 1.807) is 6.07 Å². The van der Waals surface area contributed by atoms with Crippen LogP contribution in [0.25, 0.3) is 0 Å². The van der Waals surface area contributed by atoms with Crippen molar-refractivity contribution in [3.8, 4) is 5.75 Å². The Labute approximate surface area is 148 Å². The molecule has 0 amide bonds. The summed E-state index contributed by atoms with van der Waals surface area (Å²) in [5.74, 6) is 0.273. The molecule has 3 rings (SSSR count). The average Bonchev–Trinajstić information content (AvgIpc) is 2.61. The lowest BCUT2D eigenvalue weighted by Crippen LogP contribution is -2.41. The highest BCUT2D eigenvalue weighted by Gasteiger charge is 2.32. The molecule has 1 aromatic rings. The van der Waals surface area contributed by atoms with E-state index in [-0.39, 0.29) is 29.5 Å². The molecule has 10 heteroatoms. The van der Waals surface area contributed by atoms with E-state index in [0.29, 0.717) is 31.9 Å². The van der Waals surface area contributed by atoms with E-state index in [2.05, 4.69) is 0 Å². The molecular formula is C15H22N2O6S2. The molecule has 0 radical (unpaired) electrons. The molecule has 0 aromatic heterocycles. The first-order valence-corrected chi connectivity index (χ1v) is 11.2. The van der Waals surface area contributed by atoms with Crippen LogP contribution in [-0.2, 0) is 24.8 Å². The maximum Gasteiger partial charge on any atom is 0.246 e. The molecule has 0 unspecified atom stereocenters. The summed E-state index contributed by atoms with van der Waals surface area (Å²) in [4.78, 5) is -0.0184. The molecule has 0 aliphatic carbocycles. The minimum absolute atomic E-state index is 0.0184. The van der Waals surface area contributed by atoms with Crippen molar-refractivity contribution in [1.29, 1.82) is 0 Å². The highest BCUT2D eigenvalue weighted by molar-refractivity contribution is 7.92. The fourth-order valence-electron chi connectivity index (χ4n) is 3.03. The molecule has 0 bridgehead atoms. The third-order valence-electron chi connectivity index (χ3n) is 4.37. The smallest absolute Gasteiger partial charge is 0.246 e. The van der Waals surface area contributed by atoms with Gasteiger partial charge in [0.05, 0.1) is 31.8 Å². The summed E-state index contributed by atoms with van der Waals surface area (Å²) in [7, 11) is -5.82. The fraction of sp³-hybridized carbons (Fsp3) is 0.600. The monoisotopic (exact) mass is 390 g/mol. The van der Waals surface area contributed by atoms with Crippen LogP contribution in [0.3, 0.4) is 0 Å². The van der Waals surface area contributed by atoms with Crippen molar-refractivity contribution in [3.63, 3.8) is 0 Å². The van der Waals surface area contributed by atoms with Gasteiger partial charge in [-0.3, -0.25) is 4.31 Å². The van der Waals surface area contributed by atoms with Crippen LogP contribution in [0.4, 0.5) is 5.69 Å². The van der Waals surface area contributed by atoms with Crippen molar-refractivity contribution in [2.45, 2.75) is 17.7 Å². The van der Waals surface area contributed by atoms with Crippen molar-refractivity contribution in [1.82, 2.24) is 4.31 Å². The van der Waals surface area contributed by atoms with Gasteiger partial charge in [0.25, 0.3) is 0 Å². The lowest BCUT2D eigenvalue weighted by Gasteiger charge is -2.30. The van der Waals surface area contributed by atoms with Gasteiger partial charge in [-0.25, -0.2) is 16.8 Å². The van der Waals surface area contributed by atoms with Crippen molar-refractivity contribution in [2.24, 2.45) is 0 Å². The lowest BCUT2D eigenvalue weighted by molar-refractivity contribution is 0.0729. The molecule has 140 valence electrons. The molecular weight excluding hydrogens is 368 g/mol. The SMILES string of the molecule is COc1ccc(N2CCCCS2(=O)=O)cc1S(=O)(=O)N1CCOCC1. The summed E-state index contributed by atoms with van der Waals surface area (Å²) in [6, 6.07) is 4.49.